The van der Waals surface area contributed by atoms with Crippen molar-refractivity contribution in [2.75, 3.05) is 11.1 Å². The number of pyridine rings is 1. The molecule has 0 saturated heterocycles. The molecule has 0 fully saturated rings. The van der Waals surface area contributed by atoms with Gasteiger partial charge in [0.15, 0.2) is 0 Å². The van der Waals surface area contributed by atoms with Gasteiger partial charge >= 0.3 is 0 Å². The molecule has 2 aromatic heterocycles. The fourth-order valence-corrected chi connectivity index (χ4v) is 3.18. The third-order valence-corrected chi connectivity index (χ3v) is 4.48. The number of benzene rings is 1. The van der Waals surface area contributed by atoms with Gasteiger partial charge in [0.2, 0.25) is 11.9 Å². The van der Waals surface area contributed by atoms with Crippen LogP contribution in [-0.4, -0.2) is 26.2 Å². The second-order valence-electron chi connectivity index (χ2n) is 5.06. The number of imidazole rings is 1. The van der Waals surface area contributed by atoms with Crippen LogP contribution in [0.3, 0.4) is 0 Å². The lowest BCUT2D eigenvalue weighted by molar-refractivity contribution is -0.113. The highest BCUT2D eigenvalue weighted by atomic mass is 32.2. The average molecular weight is 326 g/mol. The van der Waals surface area contributed by atoms with Crippen molar-refractivity contribution in [2.45, 2.75) is 19.2 Å². The Balaban J connectivity index is 1.61. The van der Waals surface area contributed by atoms with Gasteiger partial charge in [0, 0.05) is 24.7 Å². The summed E-state index contributed by atoms with van der Waals surface area (Å²) in [7, 11) is 0. The van der Waals surface area contributed by atoms with E-state index < -0.39 is 0 Å². The zero-order chi connectivity index (χ0) is 16.1. The molecule has 1 amide bonds. The number of para-hydroxylation sites is 2. The molecule has 5 nitrogen and oxygen atoms in total. The van der Waals surface area contributed by atoms with Crippen LogP contribution >= 0.6 is 11.8 Å². The highest BCUT2D eigenvalue weighted by Crippen LogP contribution is 2.19. The number of hydrogen-bond donors (Lipinski definition) is 1. The van der Waals surface area contributed by atoms with Crippen LogP contribution in [-0.2, 0) is 17.1 Å². The van der Waals surface area contributed by atoms with E-state index in [4.69, 9.17) is 0 Å². The molecule has 118 valence electrons. The number of aromatic nitrogens is 3. The summed E-state index contributed by atoms with van der Waals surface area (Å²) in [5.74, 6) is 1.77. The number of aryl methyl sites for hydroxylation is 1. The first-order chi connectivity index (χ1) is 11.3. The molecule has 3 rings (SSSR count). The smallest absolute Gasteiger partial charge is 0.236 e. The van der Waals surface area contributed by atoms with Crippen LogP contribution in [0.5, 0.6) is 0 Å². The zero-order valence-corrected chi connectivity index (χ0v) is 13.7. The first-order valence-corrected chi connectivity index (χ1v) is 8.65. The van der Waals surface area contributed by atoms with Crippen molar-refractivity contribution in [1.29, 1.82) is 0 Å². The van der Waals surface area contributed by atoms with Crippen molar-refractivity contribution >= 4 is 34.7 Å². The SMILES string of the molecule is CCn1c(NC(=O)CSCc2ccncc2)nc2ccccc21. The number of nitrogens with one attached hydrogen (secondary N) is 1. The first kappa shape index (κ1) is 15.6. The third kappa shape index (κ3) is 3.71. The standard InChI is InChI=1S/C17H18N4OS/c1-2-21-15-6-4-3-5-14(15)19-17(21)20-16(22)12-23-11-13-7-9-18-10-8-13/h3-10H,2,11-12H2,1H3,(H,19,20,22). The molecule has 2 heterocycles. The summed E-state index contributed by atoms with van der Waals surface area (Å²) < 4.78 is 2.01. The molecule has 0 atom stereocenters. The molecule has 3 aromatic rings. The molecule has 0 spiro atoms. The summed E-state index contributed by atoms with van der Waals surface area (Å²) in [6.45, 7) is 2.81. The summed E-state index contributed by atoms with van der Waals surface area (Å²) >= 11 is 1.58. The van der Waals surface area contributed by atoms with Gasteiger partial charge in [-0.05, 0) is 36.8 Å². The van der Waals surface area contributed by atoms with Crippen molar-refractivity contribution in [2.24, 2.45) is 0 Å². The maximum absolute atomic E-state index is 12.2. The summed E-state index contributed by atoms with van der Waals surface area (Å²) in [4.78, 5) is 20.6. The fraction of sp³-hybridized carbons (Fsp3) is 0.235. The monoisotopic (exact) mass is 326 g/mol. The lowest BCUT2D eigenvalue weighted by Crippen LogP contribution is -2.17. The van der Waals surface area contributed by atoms with E-state index in [0.717, 1.165) is 23.3 Å². The Labute approximate surface area is 139 Å². The molecule has 0 aliphatic rings. The van der Waals surface area contributed by atoms with Gasteiger partial charge in [0.25, 0.3) is 0 Å². The van der Waals surface area contributed by atoms with E-state index in [9.17, 15) is 4.79 Å². The normalized spacial score (nSPS) is 10.8. The highest BCUT2D eigenvalue weighted by Gasteiger charge is 2.11. The van der Waals surface area contributed by atoms with E-state index in [-0.39, 0.29) is 5.91 Å². The van der Waals surface area contributed by atoms with Crippen molar-refractivity contribution in [3.63, 3.8) is 0 Å². The fourth-order valence-electron chi connectivity index (χ4n) is 2.39. The molecule has 6 heteroatoms. The molecule has 23 heavy (non-hydrogen) atoms. The molecular weight excluding hydrogens is 308 g/mol. The van der Waals surface area contributed by atoms with Crippen LogP contribution in [0.25, 0.3) is 11.0 Å². The Morgan fingerprint density at radius 2 is 2.00 bits per heavy atom. The van der Waals surface area contributed by atoms with E-state index in [1.165, 1.54) is 5.56 Å². The van der Waals surface area contributed by atoms with Gasteiger partial charge in [0.1, 0.15) is 0 Å². The first-order valence-electron chi connectivity index (χ1n) is 7.49. The van der Waals surface area contributed by atoms with Gasteiger partial charge in [0.05, 0.1) is 16.8 Å². The van der Waals surface area contributed by atoms with Crippen molar-refractivity contribution in [3.8, 4) is 0 Å². The predicted octanol–water partition coefficient (Wildman–Crippen LogP) is 3.32. The summed E-state index contributed by atoms with van der Waals surface area (Å²) in [5, 5.41) is 2.92. The maximum Gasteiger partial charge on any atom is 0.236 e. The number of amides is 1. The van der Waals surface area contributed by atoms with Gasteiger partial charge in [-0.1, -0.05) is 12.1 Å². The van der Waals surface area contributed by atoms with Crippen molar-refractivity contribution < 1.29 is 4.79 Å². The van der Waals surface area contributed by atoms with Crippen LogP contribution in [0.2, 0.25) is 0 Å². The van der Waals surface area contributed by atoms with Gasteiger partial charge in [-0.25, -0.2) is 4.98 Å². The molecule has 0 saturated carbocycles. The number of fused-ring (bicyclic) bond motifs is 1. The second-order valence-corrected chi connectivity index (χ2v) is 6.05. The van der Waals surface area contributed by atoms with Gasteiger partial charge in [-0.15, -0.1) is 11.8 Å². The summed E-state index contributed by atoms with van der Waals surface area (Å²) in [6, 6.07) is 11.8. The van der Waals surface area contributed by atoms with E-state index in [1.807, 2.05) is 47.9 Å². The van der Waals surface area contributed by atoms with Crippen LogP contribution in [0.15, 0.2) is 48.8 Å². The Morgan fingerprint density at radius 1 is 1.22 bits per heavy atom. The molecule has 0 aliphatic carbocycles. The van der Waals surface area contributed by atoms with Crippen LogP contribution in [0.4, 0.5) is 5.95 Å². The van der Waals surface area contributed by atoms with E-state index in [2.05, 4.69) is 15.3 Å². The van der Waals surface area contributed by atoms with Crippen LogP contribution in [0.1, 0.15) is 12.5 Å². The number of carbonyl (C=O) groups excluding carboxylic acids is 1. The molecule has 0 aliphatic heterocycles. The Bertz CT molecular complexity index is 801. The predicted molar refractivity (Wildman–Crippen MR) is 94.4 cm³/mol. The quantitative estimate of drug-likeness (QED) is 0.755. The minimum atomic E-state index is -0.0333. The largest absolute Gasteiger partial charge is 0.310 e. The number of thioether (sulfide) groups is 1. The Morgan fingerprint density at radius 3 is 2.78 bits per heavy atom. The Hall–Kier alpha value is -2.34. The van der Waals surface area contributed by atoms with Crippen molar-refractivity contribution in [3.05, 3.63) is 54.4 Å². The lowest BCUT2D eigenvalue weighted by Gasteiger charge is -2.07. The van der Waals surface area contributed by atoms with E-state index in [1.54, 1.807) is 24.2 Å². The summed E-state index contributed by atoms with van der Waals surface area (Å²) in [5.41, 5.74) is 3.10. The molecule has 1 aromatic carbocycles. The molecule has 0 bridgehead atoms. The zero-order valence-electron chi connectivity index (χ0n) is 12.9. The van der Waals surface area contributed by atoms with Gasteiger partial charge in [-0.2, -0.15) is 0 Å². The average Bonchev–Trinajstić information content (AvgIpc) is 2.92. The molecular formula is C17H18N4OS. The Kier molecular flexibility index (Phi) is 4.92. The topological polar surface area (TPSA) is 59.8 Å². The van der Waals surface area contributed by atoms with E-state index >= 15 is 0 Å². The maximum atomic E-state index is 12.2. The summed E-state index contributed by atoms with van der Waals surface area (Å²) in [6.07, 6.45) is 3.53. The number of nitrogens with zero attached hydrogens (tertiary/aromatic N) is 3. The number of carbonyl (C=O) groups is 1. The van der Waals surface area contributed by atoms with Gasteiger partial charge < -0.3 is 4.57 Å². The number of hydrogen-bond acceptors (Lipinski definition) is 4. The second kappa shape index (κ2) is 7.28. The third-order valence-electron chi connectivity index (χ3n) is 3.47. The lowest BCUT2D eigenvalue weighted by atomic mass is 10.3. The molecule has 0 unspecified atom stereocenters. The molecule has 0 radical (unpaired) electrons. The minimum Gasteiger partial charge on any atom is -0.310 e. The number of anilines is 1. The highest BCUT2D eigenvalue weighted by molar-refractivity contribution is 7.99. The molecule has 1 N–H and O–H groups in total. The van der Waals surface area contributed by atoms with Gasteiger partial charge in [-0.3, -0.25) is 15.1 Å². The minimum absolute atomic E-state index is 0.0333. The number of rotatable bonds is 6. The van der Waals surface area contributed by atoms with E-state index in [0.29, 0.717) is 11.7 Å². The van der Waals surface area contributed by atoms with Crippen LogP contribution in [0, 0.1) is 0 Å². The van der Waals surface area contributed by atoms with Crippen LogP contribution < -0.4 is 5.32 Å². The van der Waals surface area contributed by atoms with Crippen molar-refractivity contribution in [1.82, 2.24) is 14.5 Å².